The topological polar surface area (TPSA) is 80.4 Å². The molecular formula is C21H22N4O3. The first-order valence-corrected chi connectivity index (χ1v) is 9.39. The summed E-state index contributed by atoms with van der Waals surface area (Å²) in [4.78, 5) is 27.4. The number of nitrogens with one attached hydrogen (secondary N) is 1. The van der Waals surface area contributed by atoms with Gasteiger partial charge < -0.3 is 14.6 Å². The molecule has 1 aliphatic rings. The summed E-state index contributed by atoms with van der Waals surface area (Å²) in [6.45, 7) is 1.65. The van der Waals surface area contributed by atoms with Crippen molar-refractivity contribution in [2.75, 3.05) is 6.54 Å². The molecule has 1 atom stereocenters. The number of carbonyl (C=O) groups excluding carboxylic acids is 2. The van der Waals surface area contributed by atoms with Crippen LogP contribution in [-0.2, 0) is 24.3 Å². The molecule has 0 saturated heterocycles. The van der Waals surface area contributed by atoms with Crippen LogP contribution in [0.3, 0.4) is 0 Å². The highest BCUT2D eigenvalue weighted by atomic mass is 16.3. The molecule has 3 aromatic rings. The predicted octanol–water partition coefficient (Wildman–Crippen LogP) is 2.25. The van der Waals surface area contributed by atoms with E-state index in [4.69, 9.17) is 4.42 Å². The Balaban J connectivity index is 1.45. The number of hydrogen-bond donors (Lipinski definition) is 1. The maximum Gasteiger partial charge on any atom is 0.290 e. The van der Waals surface area contributed by atoms with Gasteiger partial charge >= 0.3 is 0 Å². The Labute approximate surface area is 162 Å². The third-order valence-corrected chi connectivity index (χ3v) is 4.97. The number of aryl methyl sites for hydroxylation is 1. The third-order valence-electron chi connectivity index (χ3n) is 4.97. The molecule has 0 saturated carbocycles. The summed E-state index contributed by atoms with van der Waals surface area (Å²) in [5, 5.41) is 7.12. The summed E-state index contributed by atoms with van der Waals surface area (Å²) in [6.07, 6.45) is 6.35. The van der Waals surface area contributed by atoms with Gasteiger partial charge in [0.2, 0.25) is 5.91 Å². The van der Waals surface area contributed by atoms with E-state index in [1.165, 1.54) is 6.26 Å². The van der Waals surface area contributed by atoms with Crippen LogP contribution in [0.25, 0.3) is 0 Å². The summed E-state index contributed by atoms with van der Waals surface area (Å²) in [7, 11) is 0. The molecule has 0 spiro atoms. The second kappa shape index (κ2) is 8.12. The number of benzene rings is 1. The van der Waals surface area contributed by atoms with Gasteiger partial charge in [-0.2, -0.15) is 5.10 Å². The first-order chi connectivity index (χ1) is 13.7. The first-order valence-electron chi connectivity index (χ1n) is 9.39. The van der Waals surface area contributed by atoms with E-state index in [1.54, 1.807) is 23.2 Å². The molecule has 4 rings (SSSR count). The van der Waals surface area contributed by atoms with Crippen LogP contribution in [0.5, 0.6) is 0 Å². The van der Waals surface area contributed by atoms with Crippen molar-refractivity contribution < 1.29 is 14.0 Å². The van der Waals surface area contributed by atoms with Crippen molar-refractivity contribution in [2.24, 2.45) is 0 Å². The summed E-state index contributed by atoms with van der Waals surface area (Å²) < 4.78 is 7.10. The molecule has 0 radical (unpaired) electrons. The number of hydrogen-bond acceptors (Lipinski definition) is 4. The average Bonchev–Trinajstić information content (AvgIpc) is 3.43. The number of nitrogens with zero attached hydrogens (tertiary/aromatic N) is 3. The number of carbonyl (C=O) groups is 2. The lowest BCUT2D eigenvalue weighted by Gasteiger charge is -2.35. The zero-order valence-electron chi connectivity index (χ0n) is 15.5. The number of furan rings is 1. The van der Waals surface area contributed by atoms with Crippen LogP contribution >= 0.6 is 0 Å². The van der Waals surface area contributed by atoms with E-state index in [0.29, 0.717) is 19.5 Å². The molecule has 3 heterocycles. The van der Waals surface area contributed by atoms with Crippen molar-refractivity contribution in [1.82, 2.24) is 20.0 Å². The summed E-state index contributed by atoms with van der Waals surface area (Å²) >= 11 is 0. The monoisotopic (exact) mass is 378 g/mol. The van der Waals surface area contributed by atoms with Gasteiger partial charge in [0.1, 0.15) is 6.04 Å². The van der Waals surface area contributed by atoms with Gasteiger partial charge in [0.25, 0.3) is 5.91 Å². The molecule has 1 aromatic carbocycles. The maximum absolute atomic E-state index is 12.9. The normalized spacial score (nSPS) is 15.9. The summed E-state index contributed by atoms with van der Waals surface area (Å²) in [6, 6.07) is 12.5. The fourth-order valence-electron chi connectivity index (χ4n) is 3.52. The van der Waals surface area contributed by atoms with E-state index in [0.717, 1.165) is 24.1 Å². The van der Waals surface area contributed by atoms with Gasteiger partial charge in [-0.25, -0.2) is 0 Å². The molecule has 0 aliphatic carbocycles. The van der Waals surface area contributed by atoms with E-state index >= 15 is 0 Å². The highest BCUT2D eigenvalue weighted by Crippen LogP contribution is 2.25. The van der Waals surface area contributed by atoms with Crippen LogP contribution < -0.4 is 5.32 Å². The van der Waals surface area contributed by atoms with E-state index < -0.39 is 6.04 Å². The molecule has 0 bridgehead atoms. The number of amides is 2. The average molecular weight is 378 g/mol. The fraction of sp³-hybridized carbons (Fsp3) is 0.286. The Hall–Kier alpha value is -3.35. The lowest BCUT2D eigenvalue weighted by Crippen LogP contribution is -2.52. The second-order valence-electron chi connectivity index (χ2n) is 6.81. The van der Waals surface area contributed by atoms with Gasteiger partial charge in [-0.05, 0) is 35.7 Å². The summed E-state index contributed by atoms with van der Waals surface area (Å²) in [5.74, 6) is -0.165. The standard InChI is InChI=1S/C21H22N4O3/c26-20(22-9-4-11-24-12-5-10-23-24)18-14-16-6-1-2-7-17(16)15-25(18)21(27)19-8-3-13-28-19/h1-3,5-8,10,12-13,18H,4,9,11,14-15H2,(H,22,26). The molecule has 7 nitrogen and oxygen atoms in total. The van der Waals surface area contributed by atoms with Crippen molar-refractivity contribution in [1.29, 1.82) is 0 Å². The third kappa shape index (κ3) is 3.83. The predicted molar refractivity (Wildman–Crippen MR) is 102 cm³/mol. The molecule has 144 valence electrons. The van der Waals surface area contributed by atoms with Gasteiger partial charge in [-0.15, -0.1) is 0 Å². The zero-order valence-corrected chi connectivity index (χ0v) is 15.5. The first kappa shape index (κ1) is 18.0. The maximum atomic E-state index is 12.9. The van der Waals surface area contributed by atoms with Gasteiger partial charge in [-0.1, -0.05) is 24.3 Å². The number of rotatable bonds is 6. The van der Waals surface area contributed by atoms with Gasteiger partial charge in [0.05, 0.1) is 6.26 Å². The van der Waals surface area contributed by atoms with Crippen molar-refractivity contribution in [3.63, 3.8) is 0 Å². The molecule has 0 fully saturated rings. The number of fused-ring (bicyclic) bond motifs is 1. The van der Waals surface area contributed by atoms with Crippen molar-refractivity contribution in [3.05, 3.63) is 78.0 Å². The SMILES string of the molecule is O=C(NCCCn1cccn1)C1Cc2ccccc2CN1C(=O)c1ccco1. The van der Waals surface area contributed by atoms with Crippen LogP contribution in [0.4, 0.5) is 0 Å². The Bertz CT molecular complexity index is 934. The molecule has 28 heavy (non-hydrogen) atoms. The van der Waals surface area contributed by atoms with E-state index in [9.17, 15) is 9.59 Å². The van der Waals surface area contributed by atoms with Gasteiger partial charge in [0, 0.05) is 38.4 Å². The van der Waals surface area contributed by atoms with E-state index in [1.807, 2.05) is 41.2 Å². The van der Waals surface area contributed by atoms with E-state index in [-0.39, 0.29) is 17.6 Å². The molecule has 2 amide bonds. The Kier molecular flexibility index (Phi) is 5.23. The zero-order chi connectivity index (χ0) is 19.3. The Morgan fingerprint density at radius 3 is 2.75 bits per heavy atom. The van der Waals surface area contributed by atoms with Crippen LogP contribution in [0, 0.1) is 0 Å². The minimum Gasteiger partial charge on any atom is -0.459 e. The lowest BCUT2D eigenvalue weighted by molar-refractivity contribution is -0.126. The van der Waals surface area contributed by atoms with Crippen LogP contribution in [-0.4, -0.2) is 39.1 Å². The molecule has 1 aliphatic heterocycles. The Morgan fingerprint density at radius 2 is 2.00 bits per heavy atom. The Morgan fingerprint density at radius 1 is 1.14 bits per heavy atom. The minimum absolute atomic E-state index is 0.144. The van der Waals surface area contributed by atoms with E-state index in [2.05, 4.69) is 10.4 Å². The smallest absolute Gasteiger partial charge is 0.290 e. The molecule has 1 N–H and O–H groups in total. The van der Waals surface area contributed by atoms with Crippen molar-refractivity contribution >= 4 is 11.8 Å². The largest absolute Gasteiger partial charge is 0.459 e. The number of aromatic nitrogens is 2. The van der Waals surface area contributed by atoms with Gasteiger partial charge in [-0.3, -0.25) is 14.3 Å². The van der Waals surface area contributed by atoms with Crippen LogP contribution in [0.15, 0.2) is 65.5 Å². The molecule has 7 heteroatoms. The van der Waals surface area contributed by atoms with Crippen LogP contribution in [0.1, 0.15) is 28.1 Å². The highest BCUT2D eigenvalue weighted by molar-refractivity contribution is 5.96. The lowest BCUT2D eigenvalue weighted by atomic mass is 9.93. The summed E-state index contributed by atoms with van der Waals surface area (Å²) in [5.41, 5.74) is 2.16. The van der Waals surface area contributed by atoms with Crippen molar-refractivity contribution in [3.8, 4) is 0 Å². The fourth-order valence-corrected chi connectivity index (χ4v) is 3.52. The second-order valence-corrected chi connectivity index (χ2v) is 6.81. The molecular weight excluding hydrogens is 356 g/mol. The van der Waals surface area contributed by atoms with Gasteiger partial charge in [0.15, 0.2) is 5.76 Å². The highest BCUT2D eigenvalue weighted by Gasteiger charge is 2.35. The van der Waals surface area contributed by atoms with Crippen LogP contribution in [0.2, 0.25) is 0 Å². The molecule has 1 unspecified atom stereocenters. The van der Waals surface area contributed by atoms with Crippen molar-refractivity contribution in [2.45, 2.75) is 32.0 Å². The quantitative estimate of drug-likeness (QED) is 0.667. The molecule has 2 aromatic heterocycles. The minimum atomic E-state index is -0.558.